The van der Waals surface area contributed by atoms with Crippen LogP contribution in [0.1, 0.15) is 5.56 Å². The van der Waals surface area contributed by atoms with E-state index in [1.807, 2.05) is 0 Å². The van der Waals surface area contributed by atoms with E-state index in [9.17, 15) is 26.4 Å². The molecular weight excluding hydrogens is 449 g/mol. The topological polar surface area (TPSA) is 119 Å². The molecule has 0 aliphatic heterocycles. The number of benzene rings is 3. The number of rotatable bonds is 8. The van der Waals surface area contributed by atoms with Gasteiger partial charge in [-0.05, 0) is 59.7 Å². The summed E-state index contributed by atoms with van der Waals surface area (Å²) < 4.78 is 72.6. The molecular formula is C21H17F3N2O5S. The average molecular weight is 466 g/mol. The van der Waals surface area contributed by atoms with Gasteiger partial charge in [0.05, 0.1) is 4.90 Å². The largest absolute Gasteiger partial charge is 0.481 e. The number of nitrogens with two attached hydrogens (primary N) is 1. The van der Waals surface area contributed by atoms with Crippen LogP contribution < -0.4 is 15.2 Å². The molecule has 11 heteroatoms. The zero-order valence-corrected chi connectivity index (χ0v) is 17.1. The SMILES string of the molecule is Nc1cc(F)cc(-c2cc(CNS(=O)(=O)c3ccc(F)c(F)c3)ccc2OCC(=O)O)c1. The zero-order valence-electron chi connectivity index (χ0n) is 16.3. The molecule has 7 nitrogen and oxygen atoms in total. The number of halogens is 3. The highest BCUT2D eigenvalue weighted by Crippen LogP contribution is 2.33. The third kappa shape index (κ3) is 5.56. The molecule has 3 aromatic rings. The summed E-state index contributed by atoms with van der Waals surface area (Å²) in [4.78, 5) is 10.4. The summed E-state index contributed by atoms with van der Waals surface area (Å²) >= 11 is 0. The molecule has 0 aliphatic carbocycles. The minimum atomic E-state index is -4.17. The Morgan fingerprint density at radius 1 is 1.00 bits per heavy atom. The van der Waals surface area contributed by atoms with Crippen LogP contribution in [0, 0.1) is 17.5 Å². The Balaban J connectivity index is 1.91. The first-order valence-corrected chi connectivity index (χ1v) is 10.5. The monoisotopic (exact) mass is 466 g/mol. The standard InChI is InChI=1S/C21H17F3N2O5S/c22-14-6-13(7-15(25)8-14)17-5-12(1-4-20(17)31-11-21(27)28)10-26-32(29,30)16-2-3-18(23)19(24)9-16/h1-9,26H,10-11,25H2,(H,27,28). The van der Waals surface area contributed by atoms with Crippen LogP contribution in [-0.4, -0.2) is 26.1 Å². The summed E-state index contributed by atoms with van der Waals surface area (Å²) in [5.74, 6) is -4.23. The van der Waals surface area contributed by atoms with Gasteiger partial charge >= 0.3 is 5.97 Å². The lowest BCUT2D eigenvalue weighted by Gasteiger charge is -2.14. The van der Waals surface area contributed by atoms with Crippen LogP contribution in [0.25, 0.3) is 11.1 Å². The molecule has 3 aromatic carbocycles. The molecule has 0 saturated heterocycles. The first-order chi connectivity index (χ1) is 15.0. The maximum atomic E-state index is 13.8. The number of anilines is 1. The molecule has 3 rings (SSSR count). The van der Waals surface area contributed by atoms with Crippen LogP contribution in [0.15, 0.2) is 59.5 Å². The quantitative estimate of drug-likeness (QED) is 0.439. The number of sulfonamides is 1. The molecule has 0 atom stereocenters. The Kier molecular flexibility index (Phi) is 6.70. The second kappa shape index (κ2) is 9.28. The Labute approximate surface area is 181 Å². The van der Waals surface area contributed by atoms with Crippen LogP contribution in [0.5, 0.6) is 5.75 Å². The van der Waals surface area contributed by atoms with Crippen molar-refractivity contribution in [3.05, 3.63) is 77.6 Å². The van der Waals surface area contributed by atoms with Gasteiger partial charge in [-0.3, -0.25) is 0 Å². The maximum absolute atomic E-state index is 13.8. The molecule has 0 saturated carbocycles. The average Bonchev–Trinajstić information content (AvgIpc) is 2.72. The molecule has 0 unspecified atom stereocenters. The van der Waals surface area contributed by atoms with Gasteiger partial charge < -0.3 is 15.6 Å². The van der Waals surface area contributed by atoms with Gasteiger partial charge in [0.2, 0.25) is 10.0 Å². The number of nitrogen functional groups attached to an aromatic ring is 1. The van der Waals surface area contributed by atoms with E-state index >= 15 is 0 Å². The third-order valence-corrected chi connectivity index (χ3v) is 5.69. The van der Waals surface area contributed by atoms with E-state index < -0.39 is 44.9 Å². The van der Waals surface area contributed by atoms with Gasteiger partial charge in [0.25, 0.3) is 0 Å². The molecule has 0 amide bonds. The number of aliphatic carboxylic acids is 1. The van der Waals surface area contributed by atoms with Crippen LogP contribution in [0.2, 0.25) is 0 Å². The normalized spacial score (nSPS) is 11.3. The van der Waals surface area contributed by atoms with Crippen LogP contribution in [0.4, 0.5) is 18.9 Å². The molecule has 0 bridgehead atoms. The van der Waals surface area contributed by atoms with E-state index in [-0.39, 0.29) is 29.1 Å². The van der Waals surface area contributed by atoms with E-state index in [0.717, 1.165) is 18.2 Å². The summed E-state index contributed by atoms with van der Waals surface area (Å²) in [5, 5.41) is 8.87. The highest BCUT2D eigenvalue weighted by molar-refractivity contribution is 7.89. The molecule has 0 spiro atoms. The summed E-state index contributed by atoms with van der Waals surface area (Å²) in [6, 6.07) is 10.2. The Bertz CT molecular complexity index is 1260. The van der Waals surface area contributed by atoms with Gasteiger partial charge in [-0.2, -0.15) is 0 Å². The van der Waals surface area contributed by atoms with Crippen molar-refractivity contribution in [3.8, 4) is 16.9 Å². The molecule has 0 radical (unpaired) electrons. The van der Waals surface area contributed by atoms with Gasteiger partial charge in [0.1, 0.15) is 11.6 Å². The Hall–Kier alpha value is -3.57. The Morgan fingerprint density at radius 3 is 2.41 bits per heavy atom. The number of hydrogen-bond acceptors (Lipinski definition) is 5. The van der Waals surface area contributed by atoms with Crippen molar-refractivity contribution in [2.45, 2.75) is 11.4 Å². The van der Waals surface area contributed by atoms with Crippen molar-refractivity contribution in [1.29, 1.82) is 0 Å². The van der Waals surface area contributed by atoms with Crippen molar-refractivity contribution < 1.29 is 36.2 Å². The second-order valence-corrected chi connectivity index (χ2v) is 8.45. The number of nitrogens with one attached hydrogen (secondary N) is 1. The van der Waals surface area contributed by atoms with Crippen molar-refractivity contribution in [3.63, 3.8) is 0 Å². The van der Waals surface area contributed by atoms with E-state index in [2.05, 4.69) is 4.72 Å². The number of carboxylic acid groups (broad SMARTS) is 1. The first kappa shape index (κ1) is 23.1. The fourth-order valence-corrected chi connectivity index (χ4v) is 3.88. The summed E-state index contributed by atoms with van der Waals surface area (Å²) in [5.41, 5.74) is 6.77. The van der Waals surface area contributed by atoms with Gasteiger partial charge in [0, 0.05) is 17.8 Å². The molecule has 0 fully saturated rings. The highest BCUT2D eigenvalue weighted by atomic mass is 32.2. The summed E-state index contributed by atoms with van der Waals surface area (Å²) in [6.07, 6.45) is 0. The van der Waals surface area contributed by atoms with Crippen LogP contribution in [0.3, 0.4) is 0 Å². The molecule has 168 valence electrons. The van der Waals surface area contributed by atoms with Gasteiger partial charge in [-0.15, -0.1) is 0 Å². The van der Waals surface area contributed by atoms with Crippen molar-refractivity contribution in [2.24, 2.45) is 0 Å². The summed E-state index contributed by atoms with van der Waals surface area (Å²) in [6.45, 7) is -0.905. The van der Waals surface area contributed by atoms with Crippen molar-refractivity contribution >= 4 is 21.7 Å². The minimum absolute atomic E-state index is 0.115. The fourth-order valence-electron chi connectivity index (χ4n) is 2.85. The first-order valence-electron chi connectivity index (χ1n) is 9.04. The third-order valence-electron chi connectivity index (χ3n) is 4.29. The van der Waals surface area contributed by atoms with E-state index in [1.165, 1.54) is 24.3 Å². The number of carbonyl (C=O) groups is 1. The predicted octanol–water partition coefficient (Wildman–Crippen LogP) is 3.30. The lowest BCUT2D eigenvalue weighted by atomic mass is 10.0. The van der Waals surface area contributed by atoms with E-state index in [1.54, 1.807) is 0 Å². The molecule has 0 aromatic heterocycles. The van der Waals surface area contributed by atoms with E-state index in [4.69, 9.17) is 15.6 Å². The molecule has 0 heterocycles. The molecule has 4 N–H and O–H groups in total. The van der Waals surface area contributed by atoms with Crippen LogP contribution in [-0.2, 0) is 21.4 Å². The minimum Gasteiger partial charge on any atom is -0.481 e. The van der Waals surface area contributed by atoms with Crippen LogP contribution >= 0.6 is 0 Å². The highest BCUT2D eigenvalue weighted by Gasteiger charge is 2.17. The number of hydrogen-bond donors (Lipinski definition) is 3. The molecule has 0 aliphatic rings. The Morgan fingerprint density at radius 2 is 1.75 bits per heavy atom. The lowest BCUT2D eigenvalue weighted by Crippen LogP contribution is -2.23. The number of ether oxygens (including phenoxy) is 1. The zero-order chi connectivity index (χ0) is 23.5. The number of carboxylic acids is 1. The predicted molar refractivity (Wildman–Crippen MR) is 110 cm³/mol. The molecule has 32 heavy (non-hydrogen) atoms. The summed E-state index contributed by atoms with van der Waals surface area (Å²) in [7, 11) is -4.17. The second-order valence-electron chi connectivity index (χ2n) is 6.69. The van der Waals surface area contributed by atoms with Crippen molar-refractivity contribution in [2.75, 3.05) is 12.3 Å². The maximum Gasteiger partial charge on any atom is 0.341 e. The fraction of sp³-hybridized carbons (Fsp3) is 0.0952. The van der Waals surface area contributed by atoms with Gasteiger partial charge in [-0.1, -0.05) is 6.07 Å². The lowest BCUT2D eigenvalue weighted by molar-refractivity contribution is -0.139. The van der Waals surface area contributed by atoms with Gasteiger partial charge in [0.15, 0.2) is 18.2 Å². The van der Waals surface area contributed by atoms with Gasteiger partial charge in [-0.25, -0.2) is 31.1 Å². The smallest absolute Gasteiger partial charge is 0.341 e. The van der Waals surface area contributed by atoms with Crippen molar-refractivity contribution in [1.82, 2.24) is 4.72 Å². The van der Waals surface area contributed by atoms with E-state index in [0.29, 0.717) is 17.7 Å².